The number of rotatable bonds is 6. The molecule has 11 nitrogen and oxygen atoms in total. The van der Waals surface area contributed by atoms with Crippen molar-refractivity contribution in [3.8, 4) is 0 Å². The van der Waals surface area contributed by atoms with Gasteiger partial charge in [0.2, 0.25) is 5.89 Å². The lowest BCUT2D eigenvalue weighted by Gasteiger charge is -2.10. The number of carbonyl (C=O) groups is 1. The molecule has 0 bridgehead atoms. The van der Waals surface area contributed by atoms with Gasteiger partial charge in [0.25, 0.3) is 10.8 Å². The van der Waals surface area contributed by atoms with Crippen LogP contribution in [0.1, 0.15) is 47.5 Å². The molecule has 150 valence electrons. The second kappa shape index (κ2) is 6.88. The minimum atomic E-state index is -3.08. The fourth-order valence-corrected chi connectivity index (χ4v) is 5.54. The molecule has 1 saturated carbocycles. The number of nitrogens with zero attached hydrogens (tertiary/aromatic N) is 3. The zero-order chi connectivity index (χ0) is 20.1. The third-order valence-corrected chi connectivity index (χ3v) is 7.29. The Balaban J connectivity index is 1.48. The molecule has 2 aromatic rings. The SMILES string of the molecule is Nc1c(C(=O)CSc2nnc([C@H]3CCS(=O)(=O)C3)o2)c(=O)[nH]c(=O)n1C1CC1. The van der Waals surface area contributed by atoms with E-state index in [1.807, 2.05) is 0 Å². The van der Waals surface area contributed by atoms with Crippen molar-refractivity contribution in [2.45, 2.75) is 36.4 Å². The molecule has 13 heteroatoms. The van der Waals surface area contributed by atoms with Crippen LogP contribution in [0, 0.1) is 0 Å². The molecule has 0 amide bonds. The zero-order valence-corrected chi connectivity index (χ0v) is 16.2. The van der Waals surface area contributed by atoms with Gasteiger partial charge in [-0.2, -0.15) is 0 Å². The van der Waals surface area contributed by atoms with Crippen LogP contribution < -0.4 is 17.0 Å². The number of nitrogen functional groups attached to an aromatic ring is 1. The number of carbonyl (C=O) groups excluding carboxylic acids is 1. The lowest BCUT2D eigenvalue weighted by molar-refractivity contribution is 0.102. The number of anilines is 1. The molecule has 2 aliphatic rings. The number of sulfone groups is 1. The Labute approximate surface area is 162 Å². The molecule has 4 rings (SSSR count). The van der Waals surface area contributed by atoms with Crippen LogP contribution in [0.4, 0.5) is 5.82 Å². The highest BCUT2D eigenvalue weighted by atomic mass is 32.2. The molecule has 1 aliphatic carbocycles. The lowest BCUT2D eigenvalue weighted by atomic mass is 10.1. The molecule has 1 aliphatic heterocycles. The lowest BCUT2D eigenvalue weighted by Crippen LogP contribution is -2.36. The van der Waals surface area contributed by atoms with Gasteiger partial charge in [-0.05, 0) is 19.3 Å². The molecular formula is C15H17N5O6S2. The molecular weight excluding hydrogens is 410 g/mol. The van der Waals surface area contributed by atoms with Gasteiger partial charge in [0.1, 0.15) is 11.4 Å². The number of hydrogen-bond acceptors (Lipinski definition) is 10. The van der Waals surface area contributed by atoms with Crippen LogP contribution in [0.5, 0.6) is 0 Å². The first-order chi connectivity index (χ1) is 13.2. The van der Waals surface area contributed by atoms with Gasteiger partial charge in [0.05, 0.1) is 23.2 Å². The number of nitrogens with one attached hydrogen (secondary N) is 1. The highest BCUT2D eigenvalue weighted by Gasteiger charge is 2.33. The van der Waals surface area contributed by atoms with Gasteiger partial charge in [-0.15, -0.1) is 10.2 Å². The molecule has 0 aromatic carbocycles. The van der Waals surface area contributed by atoms with Crippen molar-refractivity contribution < 1.29 is 17.6 Å². The molecule has 2 fully saturated rings. The van der Waals surface area contributed by atoms with E-state index in [1.165, 1.54) is 4.57 Å². The number of Topliss-reactive ketones (excluding diaryl/α,β-unsaturated/α-hetero) is 1. The van der Waals surface area contributed by atoms with Crippen LogP contribution in [-0.2, 0) is 9.84 Å². The highest BCUT2D eigenvalue weighted by Crippen LogP contribution is 2.35. The van der Waals surface area contributed by atoms with E-state index in [9.17, 15) is 22.8 Å². The topological polar surface area (TPSA) is 171 Å². The predicted molar refractivity (Wildman–Crippen MR) is 99.4 cm³/mol. The Kier molecular flexibility index (Phi) is 4.65. The monoisotopic (exact) mass is 427 g/mol. The van der Waals surface area contributed by atoms with E-state index in [0.717, 1.165) is 24.6 Å². The average molecular weight is 427 g/mol. The summed E-state index contributed by atoms with van der Waals surface area (Å²) in [6.07, 6.45) is 1.95. The molecule has 0 unspecified atom stereocenters. The second-order valence-electron chi connectivity index (χ2n) is 6.84. The van der Waals surface area contributed by atoms with Gasteiger partial charge in [-0.3, -0.25) is 19.1 Å². The molecule has 1 atom stereocenters. The van der Waals surface area contributed by atoms with E-state index in [-0.39, 0.29) is 51.7 Å². The molecule has 3 N–H and O–H groups in total. The van der Waals surface area contributed by atoms with Gasteiger partial charge in [0, 0.05) is 6.04 Å². The highest BCUT2D eigenvalue weighted by molar-refractivity contribution is 7.99. The Morgan fingerprint density at radius 1 is 1.29 bits per heavy atom. The minimum Gasteiger partial charge on any atom is -0.416 e. The third kappa shape index (κ3) is 3.63. The van der Waals surface area contributed by atoms with Crippen molar-refractivity contribution in [2.24, 2.45) is 0 Å². The van der Waals surface area contributed by atoms with Gasteiger partial charge in [0.15, 0.2) is 15.6 Å². The Morgan fingerprint density at radius 2 is 2.04 bits per heavy atom. The number of nitrogens with two attached hydrogens (primary N) is 1. The Bertz CT molecular complexity index is 1160. The van der Waals surface area contributed by atoms with Crippen LogP contribution in [0.3, 0.4) is 0 Å². The quantitative estimate of drug-likeness (QED) is 0.461. The summed E-state index contributed by atoms with van der Waals surface area (Å²) in [6, 6.07) is -0.0928. The van der Waals surface area contributed by atoms with Crippen molar-refractivity contribution in [1.29, 1.82) is 0 Å². The molecule has 2 aromatic heterocycles. The summed E-state index contributed by atoms with van der Waals surface area (Å²) in [4.78, 5) is 38.6. The van der Waals surface area contributed by atoms with Crippen molar-refractivity contribution in [1.82, 2.24) is 19.7 Å². The van der Waals surface area contributed by atoms with Crippen molar-refractivity contribution in [2.75, 3.05) is 23.0 Å². The van der Waals surface area contributed by atoms with E-state index < -0.39 is 26.9 Å². The third-order valence-electron chi connectivity index (χ3n) is 4.70. The van der Waals surface area contributed by atoms with Crippen molar-refractivity contribution >= 4 is 33.2 Å². The zero-order valence-electron chi connectivity index (χ0n) is 14.6. The van der Waals surface area contributed by atoms with E-state index in [0.29, 0.717) is 6.42 Å². The number of aromatic amines is 1. The van der Waals surface area contributed by atoms with E-state index in [4.69, 9.17) is 10.2 Å². The summed E-state index contributed by atoms with van der Waals surface area (Å²) in [6.45, 7) is 0. The van der Waals surface area contributed by atoms with Crippen LogP contribution in [-0.4, -0.2) is 51.2 Å². The Hall–Kier alpha value is -2.41. The fraction of sp³-hybridized carbons (Fsp3) is 0.533. The largest absolute Gasteiger partial charge is 0.416 e. The van der Waals surface area contributed by atoms with E-state index >= 15 is 0 Å². The molecule has 0 spiro atoms. The number of H-pyrrole nitrogens is 1. The standard InChI is InChI=1S/C15H17N5O6S2/c16-11-10(12(22)17-14(23)20(11)8-1-2-8)9(21)5-27-15-19-18-13(26-15)7-3-4-28(24,25)6-7/h7-8H,1-6,16H2,(H,17,22,23)/t7-/m0/s1. The van der Waals surface area contributed by atoms with Crippen molar-refractivity contribution in [3.63, 3.8) is 0 Å². The number of hydrogen-bond donors (Lipinski definition) is 2. The fourth-order valence-electron chi connectivity index (χ4n) is 3.16. The Morgan fingerprint density at radius 3 is 2.68 bits per heavy atom. The first kappa shape index (κ1) is 18.9. The summed E-state index contributed by atoms with van der Waals surface area (Å²) in [5, 5.41) is 7.77. The summed E-state index contributed by atoms with van der Waals surface area (Å²) in [5.41, 5.74) is 4.20. The molecule has 1 saturated heterocycles. The van der Waals surface area contributed by atoms with Gasteiger partial charge >= 0.3 is 5.69 Å². The minimum absolute atomic E-state index is 0.0349. The predicted octanol–water partition coefficient (Wildman–Crippen LogP) is -0.286. The van der Waals surface area contributed by atoms with E-state index in [2.05, 4.69) is 15.2 Å². The van der Waals surface area contributed by atoms with Crippen LogP contribution in [0.15, 0.2) is 19.2 Å². The number of aromatic nitrogens is 4. The first-order valence-electron chi connectivity index (χ1n) is 8.59. The smallest absolute Gasteiger partial charge is 0.330 e. The maximum absolute atomic E-state index is 12.5. The molecule has 0 radical (unpaired) electrons. The first-order valence-corrected chi connectivity index (χ1v) is 11.4. The maximum Gasteiger partial charge on any atom is 0.330 e. The average Bonchev–Trinajstić information content (AvgIpc) is 3.20. The van der Waals surface area contributed by atoms with Gasteiger partial charge < -0.3 is 10.2 Å². The number of thioether (sulfide) groups is 1. The van der Waals surface area contributed by atoms with Crippen LogP contribution in [0.2, 0.25) is 0 Å². The van der Waals surface area contributed by atoms with Gasteiger partial charge in [-0.25, -0.2) is 13.2 Å². The summed E-state index contributed by atoms with van der Waals surface area (Å²) < 4.78 is 29.8. The normalized spacial score (nSPS) is 21.1. The molecule has 28 heavy (non-hydrogen) atoms. The summed E-state index contributed by atoms with van der Waals surface area (Å²) >= 11 is 0.919. The van der Waals surface area contributed by atoms with E-state index in [1.54, 1.807) is 0 Å². The summed E-state index contributed by atoms with van der Waals surface area (Å²) in [5.74, 6) is -0.975. The number of ketones is 1. The maximum atomic E-state index is 12.5. The van der Waals surface area contributed by atoms with Crippen molar-refractivity contribution in [3.05, 3.63) is 32.3 Å². The molecule has 3 heterocycles. The van der Waals surface area contributed by atoms with Crippen LogP contribution in [0.25, 0.3) is 0 Å². The summed E-state index contributed by atoms with van der Waals surface area (Å²) in [7, 11) is -3.08. The van der Waals surface area contributed by atoms with Crippen LogP contribution >= 0.6 is 11.8 Å². The van der Waals surface area contributed by atoms with Gasteiger partial charge in [-0.1, -0.05) is 11.8 Å². The second-order valence-corrected chi connectivity index (χ2v) is 9.99.